The lowest BCUT2D eigenvalue weighted by Gasteiger charge is -2.38. The van der Waals surface area contributed by atoms with Crippen molar-refractivity contribution in [2.45, 2.75) is 12.6 Å². The minimum Gasteiger partial charge on any atom is -0.497 e. The molecule has 7 nitrogen and oxygen atoms in total. The van der Waals surface area contributed by atoms with E-state index in [-0.39, 0.29) is 6.04 Å². The van der Waals surface area contributed by atoms with Gasteiger partial charge in [0, 0.05) is 37.6 Å². The molecule has 1 fully saturated rings. The second-order valence-corrected chi connectivity index (χ2v) is 8.13. The Morgan fingerprint density at radius 2 is 1.76 bits per heavy atom. The minimum atomic E-state index is -0.606. The first-order valence-electron chi connectivity index (χ1n) is 9.72. The molecule has 1 aliphatic rings. The van der Waals surface area contributed by atoms with Gasteiger partial charge < -0.3 is 20.3 Å². The molecule has 1 saturated heterocycles. The molecule has 0 spiro atoms. The Hall–Kier alpha value is -2.42. The standard InChI is InChI=1S/C21H28N4O3S/c1-24-9-11-25(12-10-24)19(16-5-7-17(28-2)8-6-16)15-23-21(27)20(26)22-14-18-4-3-13-29-18/h3-8,13,19H,9-12,14-15H2,1-2H3,(H,22,26)(H,23,27)/t19-/m0/s1. The van der Waals surface area contributed by atoms with Crippen molar-refractivity contribution in [3.8, 4) is 5.75 Å². The van der Waals surface area contributed by atoms with Crippen LogP contribution in [0.2, 0.25) is 0 Å². The third-order valence-corrected chi connectivity index (χ3v) is 6.02. The van der Waals surface area contributed by atoms with Crippen LogP contribution in [0.1, 0.15) is 16.5 Å². The maximum atomic E-state index is 12.3. The maximum absolute atomic E-state index is 12.3. The Morgan fingerprint density at radius 1 is 1.07 bits per heavy atom. The van der Waals surface area contributed by atoms with Gasteiger partial charge in [0.2, 0.25) is 0 Å². The number of nitrogens with one attached hydrogen (secondary N) is 2. The Labute approximate surface area is 175 Å². The van der Waals surface area contributed by atoms with E-state index in [2.05, 4.69) is 27.5 Å². The Kier molecular flexibility index (Phi) is 7.62. The molecule has 2 heterocycles. The summed E-state index contributed by atoms with van der Waals surface area (Å²) >= 11 is 1.55. The summed E-state index contributed by atoms with van der Waals surface area (Å²) in [5.41, 5.74) is 1.09. The molecule has 29 heavy (non-hydrogen) atoms. The number of likely N-dealkylation sites (N-methyl/N-ethyl adjacent to an activating group) is 1. The highest BCUT2D eigenvalue weighted by molar-refractivity contribution is 7.09. The van der Waals surface area contributed by atoms with Crippen LogP contribution in [0, 0.1) is 0 Å². The summed E-state index contributed by atoms with van der Waals surface area (Å²) in [6.45, 7) is 4.51. The van der Waals surface area contributed by atoms with Crippen molar-refractivity contribution >= 4 is 23.2 Å². The first-order valence-corrected chi connectivity index (χ1v) is 10.6. The Morgan fingerprint density at radius 3 is 2.38 bits per heavy atom. The molecular weight excluding hydrogens is 388 g/mol. The highest BCUT2D eigenvalue weighted by Crippen LogP contribution is 2.24. The quantitative estimate of drug-likeness (QED) is 0.669. The predicted octanol–water partition coefficient (Wildman–Crippen LogP) is 1.48. The molecule has 2 aromatic rings. The number of carbonyl (C=O) groups excluding carboxylic acids is 2. The van der Waals surface area contributed by atoms with Crippen molar-refractivity contribution in [2.24, 2.45) is 0 Å². The van der Waals surface area contributed by atoms with E-state index in [0.717, 1.165) is 42.4 Å². The van der Waals surface area contributed by atoms with Gasteiger partial charge in [-0.1, -0.05) is 18.2 Å². The number of hydrogen-bond donors (Lipinski definition) is 2. The van der Waals surface area contributed by atoms with Gasteiger partial charge >= 0.3 is 11.8 Å². The van der Waals surface area contributed by atoms with E-state index < -0.39 is 11.8 Å². The molecule has 0 radical (unpaired) electrons. The second-order valence-electron chi connectivity index (χ2n) is 7.10. The third-order valence-electron chi connectivity index (χ3n) is 5.14. The van der Waals surface area contributed by atoms with E-state index in [1.54, 1.807) is 18.4 Å². The average Bonchev–Trinajstić information content (AvgIpc) is 3.27. The van der Waals surface area contributed by atoms with E-state index in [4.69, 9.17) is 4.74 Å². The molecule has 156 valence electrons. The van der Waals surface area contributed by atoms with Crippen LogP contribution in [-0.4, -0.2) is 68.5 Å². The number of nitrogens with zero attached hydrogens (tertiary/aromatic N) is 2. The van der Waals surface area contributed by atoms with Gasteiger partial charge in [-0.3, -0.25) is 14.5 Å². The highest BCUT2D eigenvalue weighted by atomic mass is 32.1. The number of benzene rings is 1. The number of methoxy groups -OCH3 is 1. The van der Waals surface area contributed by atoms with Crippen molar-refractivity contribution in [1.82, 2.24) is 20.4 Å². The van der Waals surface area contributed by atoms with Crippen LogP contribution in [0.25, 0.3) is 0 Å². The van der Waals surface area contributed by atoms with E-state index in [1.165, 1.54) is 0 Å². The number of thiophene rings is 1. The number of rotatable bonds is 7. The monoisotopic (exact) mass is 416 g/mol. The molecule has 1 atom stereocenters. The van der Waals surface area contributed by atoms with Gasteiger partial charge in [0.1, 0.15) is 5.75 Å². The van der Waals surface area contributed by atoms with Crippen LogP contribution in [-0.2, 0) is 16.1 Å². The van der Waals surface area contributed by atoms with Gasteiger partial charge in [-0.25, -0.2) is 0 Å². The lowest BCUT2D eigenvalue weighted by molar-refractivity contribution is -0.139. The third kappa shape index (κ3) is 6.03. The smallest absolute Gasteiger partial charge is 0.309 e. The molecule has 0 saturated carbocycles. The van der Waals surface area contributed by atoms with Gasteiger partial charge in [0.05, 0.1) is 19.7 Å². The van der Waals surface area contributed by atoms with Crippen LogP contribution in [0.15, 0.2) is 41.8 Å². The fourth-order valence-corrected chi connectivity index (χ4v) is 3.99. The predicted molar refractivity (Wildman–Crippen MR) is 114 cm³/mol. The summed E-state index contributed by atoms with van der Waals surface area (Å²) < 4.78 is 5.25. The molecule has 0 aliphatic carbocycles. The summed E-state index contributed by atoms with van der Waals surface area (Å²) in [5.74, 6) is -0.415. The van der Waals surface area contributed by atoms with Crippen LogP contribution < -0.4 is 15.4 Å². The van der Waals surface area contributed by atoms with Crippen molar-refractivity contribution < 1.29 is 14.3 Å². The molecule has 0 bridgehead atoms. The lowest BCUT2D eigenvalue weighted by Crippen LogP contribution is -2.49. The van der Waals surface area contributed by atoms with Gasteiger partial charge in [0.15, 0.2) is 0 Å². The molecule has 2 N–H and O–H groups in total. The van der Waals surface area contributed by atoms with Crippen molar-refractivity contribution in [1.29, 1.82) is 0 Å². The van der Waals surface area contributed by atoms with Crippen molar-refractivity contribution in [2.75, 3.05) is 46.9 Å². The average molecular weight is 417 g/mol. The number of amides is 2. The summed E-state index contributed by atoms with van der Waals surface area (Å²) in [6, 6.07) is 11.7. The van der Waals surface area contributed by atoms with Gasteiger partial charge in [-0.2, -0.15) is 0 Å². The second kappa shape index (κ2) is 10.4. The largest absolute Gasteiger partial charge is 0.497 e. The summed E-state index contributed by atoms with van der Waals surface area (Å²) in [4.78, 5) is 30.1. The van der Waals surface area contributed by atoms with Gasteiger partial charge in [-0.05, 0) is 36.2 Å². The fraction of sp³-hybridized carbons (Fsp3) is 0.429. The number of ether oxygens (including phenoxy) is 1. The number of hydrogen-bond acceptors (Lipinski definition) is 6. The molecule has 8 heteroatoms. The highest BCUT2D eigenvalue weighted by Gasteiger charge is 2.25. The molecule has 0 unspecified atom stereocenters. The SMILES string of the molecule is COc1ccc([C@H](CNC(=O)C(=O)NCc2cccs2)N2CCN(C)CC2)cc1. The topological polar surface area (TPSA) is 73.9 Å². The molecule has 1 aromatic heterocycles. The van der Waals surface area contributed by atoms with Crippen molar-refractivity contribution in [3.63, 3.8) is 0 Å². The molecule has 2 amide bonds. The van der Waals surface area contributed by atoms with Crippen molar-refractivity contribution in [3.05, 3.63) is 52.2 Å². The molecule has 3 rings (SSSR count). The van der Waals surface area contributed by atoms with E-state index in [0.29, 0.717) is 13.1 Å². The first-order chi connectivity index (χ1) is 14.1. The Bertz CT molecular complexity index is 787. The minimum absolute atomic E-state index is 0.00338. The summed E-state index contributed by atoms with van der Waals surface area (Å²) in [6.07, 6.45) is 0. The van der Waals surface area contributed by atoms with Crippen LogP contribution in [0.5, 0.6) is 5.75 Å². The van der Waals surface area contributed by atoms with Gasteiger partial charge in [0.25, 0.3) is 0 Å². The van der Waals surface area contributed by atoms with E-state index in [1.807, 2.05) is 41.8 Å². The lowest BCUT2D eigenvalue weighted by atomic mass is 10.0. The van der Waals surface area contributed by atoms with Crippen LogP contribution >= 0.6 is 11.3 Å². The normalized spacial score (nSPS) is 16.2. The van der Waals surface area contributed by atoms with E-state index in [9.17, 15) is 9.59 Å². The Balaban J connectivity index is 1.61. The zero-order chi connectivity index (χ0) is 20.6. The molecular formula is C21H28N4O3S. The summed E-state index contributed by atoms with van der Waals surface area (Å²) in [5, 5.41) is 7.43. The fourth-order valence-electron chi connectivity index (χ4n) is 3.35. The van der Waals surface area contributed by atoms with Crippen LogP contribution in [0.4, 0.5) is 0 Å². The molecule has 1 aliphatic heterocycles. The van der Waals surface area contributed by atoms with E-state index >= 15 is 0 Å². The maximum Gasteiger partial charge on any atom is 0.309 e. The number of carbonyl (C=O) groups is 2. The van der Waals surface area contributed by atoms with Crippen LogP contribution in [0.3, 0.4) is 0 Å². The first kappa shape index (κ1) is 21.3. The zero-order valence-corrected chi connectivity index (χ0v) is 17.7. The van der Waals surface area contributed by atoms with Gasteiger partial charge in [-0.15, -0.1) is 11.3 Å². The molecule has 1 aromatic carbocycles. The zero-order valence-electron chi connectivity index (χ0n) is 16.9. The summed E-state index contributed by atoms with van der Waals surface area (Å²) in [7, 11) is 3.75. The number of piperazine rings is 1.